The lowest BCUT2D eigenvalue weighted by atomic mass is 10.1. The van der Waals surface area contributed by atoms with Gasteiger partial charge in [-0.05, 0) is 63.5 Å². The summed E-state index contributed by atoms with van der Waals surface area (Å²) in [5.41, 5.74) is 2.17. The summed E-state index contributed by atoms with van der Waals surface area (Å²) in [5.74, 6) is 0.609. The average Bonchev–Trinajstić information content (AvgIpc) is 3.20. The van der Waals surface area contributed by atoms with Gasteiger partial charge in [0, 0.05) is 17.8 Å². The molecule has 0 unspecified atom stereocenters. The van der Waals surface area contributed by atoms with E-state index in [1.165, 1.54) is 12.1 Å². The number of carbonyl (C=O) groups excluding carboxylic acids is 1. The molecule has 31 heavy (non-hydrogen) atoms. The zero-order valence-corrected chi connectivity index (χ0v) is 18.0. The Morgan fingerprint density at radius 2 is 1.81 bits per heavy atom. The monoisotopic (exact) mass is 479 g/mol. The molecule has 156 valence electrons. The lowest BCUT2D eigenvalue weighted by Gasteiger charge is -2.09. The first-order valence-corrected chi connectivity index (χ1v) is 10.4. The first-order chi connectivity index (χ1) is 15.1. The molecule has 0 saturated carbocycles. The van der Waals surface area contributed by atoms with Crippen LogP contribution in [-0.4, -0.2) is 15.7 Å². The fourth-order valence-corrected chi connectivity index (χ4v) is 3.45. The van der Waals surface area contributed by atoms with Crippen LogP contribution in [0.15, 0.2) is 89.5 Å². The second-order valence-corrected chi connectivity index (χ2v) is 7.76. The van der Waals surface area contributed by atoms with Crippen LogP contribution in [0.5, 0.6) is 5.75 Å². The number of anilines is 1. The van der Waals surface area contributed by atoms with E-state index in [9.17, 15) is 9.18 Å². The average molecular weight is 480 g/mol. The van der Waals surface area contributed by atoms with Crippen molar-refractivity contribution in [3.8, 4) is 5.75 Å². The molecule has 3 aromatic carbocycles. The molecular formula is C24H19BrFN3O2. The Morgan fingerprint density at radius 1 is 1.00 bits per heavy atom. The number of rotatable bonds is 7. The van der Waals surface area contributed by atoms with E-state index >= 15 is 0 Å². The van der Waals surface area contributed by atoms with Crippen molar-refractivity contribution in [2.75, 3.05) is 5.32 Å². The molecule has 0 bridgehead atoms. The van der Waals surface area contributed by atoms with Gasteiger partial charge < -0.3 is 10.1 Å². The summed E-state index contributed by atoms with van der Waals surface area (Å²) in [4.78, 5) is 12.6. The second-order valence-electron chi connectivity index (χ2n) is 6.90. The van der Waals surface area contributed by atoms with Gasteiger partial charge in [0.25, 0.3) is 5.91 Å². The lowest BCUT2D eigenvalue weighted by Crippen LogP contribution is -2.13. The molecule has 0 spiro atoms. The number of carbonyl (C=O) groups is 1. The number of nitrogens with zero attached hydrogens (tertiary/aromatic N) is 2. The number of halogens is 2. The molecule has 1 N–H and O–H groups in total. The molecule has 7 heteroatoms. The van der Waals surface area contributed by atoms with Crippen molar-refractivity contribution in [2.24, 2.45) is 0 Å². The first-order valence-electron chi connectivity index (χ1n) is 9.62. The van der Waals surface area contributed by atoms with Gasteiger partial charge in [-0.25, -0.2) is 4.39 Å². The molecule has 1 aromatic heterocycles. The Morgan fingerprint density at radius 3 is 2.65 bits per heavy atom. The number of para-hydroxylation sites is 1. The van der Waals surface area contributed by atoms with E-state index in [1.54, 1.807) is 35.1 Å². The topological polar surface area (TPSA) is 56.2 Å². The third-order valence-corrected chi connectivity index (χ3v) is 5.19. The molecule has 4 rings (SSSR count). The Hall–Kier alpha value is -3.45. The van der Waals surface area contributed by atoms with Gasteiger partial charge in [0.15, 0.2) is 5.82 Å². The van der Waals surface area contributed by atoms with E-state index < -0.39 is 0 Å². The number of hydrogen-bond acceptors (Lipinski definition) is 3. The van der Waals surface area contributed by atoms with Crippen LogP contribution in [0.25, 0.3) is 0 Å². The van der Waals surface area contributed by atoms with Crippen molar-refractivity contribution >= 4 is 27.7 Å². The van der Waals surface area contributed by atoms with E-state index in [4.69, 9.17) is 4.74 Å². The van der Waals surface area contributed by atoms with Gasteiger partial charge >= 0.3 is 0 Å². The smallest absolute Gasteiger partial charge is 0.256 e. The van der Waals surface area contributed by atoms with Gasteiger partial charge in [0.2, 0.25) is 0 Å². The summed E-state index contributed by atoms with van der Waals surface area (Å²) >= 11 is 3.45. The quantitative estimate of drug-likeness (QED) is 0.371. The molecule has 4 aromatic rings. The predicted molar refractivity (Wildman–Crippen MR) is 121 cm³/mol. The summed E-state index contributed by atoms with van der Waals surface area (Å²) in [6, 6.07) is 22.9. The molecule has 1 heterocycles. The Balaban J connectivity index is 1.38. The number of hydrogen-bond donors (Lipinski definition) is 1. The van der Waals surface area contributed by atoms with Gasteiger partial charge in [0.1, 0.15) is 18.2 Å². The van der Waals surface area contributed by atoms with E-state index in [0.29, 0.717) is 24.5 Å². The van der Waals surface area contributed by atoms with Crippen LogP contribution < -0.4 is 10.1 Å². The first kappa shape index (κ1) is 20.8. The highest BCUT2D eigenvalue weighted by Gasteiger charge is 2.10. The maximum atomic E-state index is 13.3. The molecule has 5 nitrogen and oxygen atoms in total. The predicted octanol–water partition coefficient (Wildman–Crippen LogP) is 5.66. The zero-order chi connectivity index (χ0) is 21.6. The van der Waals surface area contributed by atoms with E-state index in [2.05, 4.69) is 26.3 Å². The van der Waals surface area contributed by atoms with Crippen molar-refractivity contribution in [3.63, 3.8) is 0 Å². The van der Waals surface area contributed by atoms with Gasteiger partial charge in [-0.1, -0.05) is 36.4 Å². The maximum Gasteiger partial charge on any atom is 0.256 e. The molecule has 0 atom stereocenters. The van der Waals surface area contributed by atoms with E-state index in [-0.39, 0.29) is 11.7 Å². The van der Waals surface area contributed by atoms with Crippen molar-refractivity contribution in [1.29, 1.82) is 0 Å². The van der Waals surface area contributed by atoms with Crippen LogP contribution in [0.1, 0.15) is 21.5 Å². The van der Waals surface area contributed by atoms with Crippen molar-refractivity contribution < 1.29 is 13.9 Å². The zero-order valence-electron chi connectivity index (χ0n) is 16.5. The van der Waals surface area contributed by atoms with Crippen LogP contribution in [0.2, 0.25) is 0 Å². The van der Waals surface area contributed by atoms with Crippen molar-refractivity contribution in [2.45, 2.75) is 13.2 Å². The standard InChI is InChI=1S/C24H19BrFN3O2/c25-21-9-1-2-10-22(21)31-16-18-6-3-7-19(13-18)24(30)27-23-11-12-29(28-23)15-17-5-4-8-20(26)14-17/h1-14H,15-16H2,(H,27,28,30). The summed E-state index contributed by atoms with van der Waals surface area (Å²) in [7, 11) is 0. The van der Waals surface area contributed by atoms with Crippen LogP contribution in [0.3, 0.4) is 0 Å². The Bertz CT molecular complexity index is 1210. The van der Waals surface area contributed by atoms with Gasteiger partial charge in [-0.2, -0.15) is 5.10 Å². The van der Waals surface area contributed by atoms with Crippen LogP contribution in [-0.2, 0) is 13.2 Å². The molecule has 0 aliphatic carbocycles. The van der Waals surface area contributed by atoms with Gasteiger partial charge in [-0.3, -0.25) is 9.48 Å². The van der Waals surface area contributed by atoms with E-state index in [0.717, 1.165) is 21.3 Å². The SMILES string of the molecule is O=C(Nc1ccn(Cc2cccc(F)c2)n1)c1cccc(COc2ccccc2Br)c1. The molecule has 0 fully saturated rings. The summed E-state index contributed by atoms with van der Waals surface area (Å²) in [6.07, 6.45) is 1.74. The minimum atomic E-state index is -0.290. The van der Waals surface area contributed by atoms with Gasteiger partial charge in [0.05, 0.1) is 11.0 Å². The molecule has 0 aliphatic heterocycles. The molecule has 0 radical (unpaired) electrons. The number of nitrogens with one attached hydrogen (secondary N) is 1. The summed E-state index contributed by atoms with van der Waals surface area (Å²) in [6.45, 7) is 0.751. The third kappa shape index (κ3) is 5.58. The van der Waals surface area contributed by atoms with Crippen LogP contribution in [0.4, 0.5) is 10.2 Å². The fraction of sp³-hybridized carbons (Fsp3) is 0.0833. The number of aromatic nitrogens is 2. The number of benzene rings is 3. The normalized spacial score (nSPS) is 10.6. The minimum absolute atomic E-state index is 0.265. The largest absolute Gasteiger partial charge is 0.488 e. The lowest BCUT2D eigenvalue weighted by molar-refractivity contribution is 0.102. The van der Waals surface area contributed by atoms with Crippen LogP contribution >= 0.6 is 15.9 Å². The fourth-order valence-electron chi connectivity index (χ4n) is 3.05. The summed E-state index contributed by atoms with van der Waals surface area (Å²) < 4.78 is 21.7. The molecule has 0 saturated heterocycles. The van der Waals surface area contributed by atoms with Crippen molar-refractivity contribution in [1.82, 2.24) is 9.78 Å². The summed E-state index contributed by atoms with van der Waals surface area (Å²) in [5, 5.41) is 7.13. The maximum absolute atomic E-state index is 13.3. The molecule has 1 amide bonds. The number of amides is 1. The second kappa shape index (κ2) is 9.57. The van der Waals surface area contributed by atoms with Crippen LogP contribution in [0, 0.1) is 5.82 Å². The Kier molecular flexibility index (Phi) is 6.43. The minimum Gasteiger partial charge on any atom is -0.488 e. The molecule has 0 aliphatic rings. The highest BCUT2D eigenvalue weighted by molar-refractivity contribution is 9.10. The number of ether oxygens (including phenoxy) is 1. The van der Waals surface area contributed by atoms with Gasteiger partial charge in [-0.15, -0.1) is 0 Å². The Labute approximate surface area is 187 Å². The van der Waals surface area contributed by atoms with Crippen molar-refractivity contribution in [3.05, 3.63) is 112 Å². The third-order valence-electron chi connectivity index (χ3n) is 4.54. The van der Waals surface area contributed by atoms with E-state index in [1.807, 2.05) is 42.5 Å². The molecular weight excluding hydrogens is 461 g/mol. The highest BCUT2D eigenvalue weighted by atomic mass is 79.9. The highest BCUT2D eigenvalue weighted by Crippen LogP contribution is 2.24.